The second-order valence-electron chi connectivity index (χ2n) is 6.36. The highest BCUT2D eigenvalue weighted by molar-refractivity contribution is 7.85. The second kappa shape index (κ2) is 10.3. The molecule has 8 nitrogen and oxygen atoms in total. The minimum absolute atomic E-state index is 0.00923. The van der Waals surface area contributed by atoms with Gasteiger partial charge in [0.2, 0.25) is 0 Å². The molecule has 2 heterocycles. The van der Waals surface area contributed by atoms with Crippen LogP contribution < -0.4 is 15.4 Å². The SMILES string of the molecule is O=C(NCS(=O)(=O)O)c1ccc(Oc2ccc(CNCCc3cccs3)cc2)cn1. The summed E-state index contributed by atoms with van der Waals surface area (Å²) in [5, 5.41) is 7.55. The number of carbonyl (C=O) groups is 1. The zero-order chi connectivity index (χ0) is 21.4. The Balaban J connectivity index is 1.46. The van der Waals surface area contributed by atoms with Gasteiger partial charge in [-0.2, -0.15) is 8.42 Å². The first-order chi connectivity index (χ1) is 14.4. The largest absolute Gasteiger partial charge is 0.456 e. The molecule has 0 atom stereocenters. The minimum atomic E-state index is -4.29. The second-order valence-corrected chi connectivity index (χ2v) is 8.85. The molecule has 1 amide bonds. The number of rotatable bonds is 10. The number of benzene rings is 1. The topological polar surface area (TPSA) is 118 Å². The first kappa shape index (κ1) is 21.9. The first-order valence-electron chi connectivity index (χ1n) is 9.08. The number of aromatic nitrogens is 1. The average Bonchev–Trinajstić information content (AvgIpc) is 3.24. The van der Waals surface area contributed by atoms with Crippen molar-refractivity contribution < 1.29 is 22.5 Å². The highest BCUT2D eigenvalue weighted by Gasteiger charge is 2.11. The number of thiophene rings is 1. The fourth-order valence-electron chi connectivity index (χ4n) is 2.53. The van der Waals surface area contributed by atoms with Crippen LogP contribution in [0.25, 0.3) is 0 Å². The lowest BCUT2D eigenvalue weighted by atomic mass is 10.2. The van der Waals surface area contributed by atoms with Crippen LogP contribution in [0.3, 0.4) is 0 Å². The maximum absolute atomic E-state index is 11.8. The van der Waals surface area contributed by atoms with Gasteiger partial charge in [0.15, 0.2) is 0 Å². The smallest absolute Gasteiger partial charge is 0.283 e. The third-order valence-corrected chi connectivity index (χ3v) is 5.45. The van der Waals surface area contributed by atoms with Crippen LogP contribution in [0, 0.1) is 0 Å². The molecule has 0 aliphatic carbocycles. The summed E-state index contributed by atoms with van der Waals surface area (Å²) in [4.78, 5) is 17.1. The minimum Gasteiger partial charge on any atom is -0.456 e. The van der Waals surface area contributed by atoms with Gasteiger partial charge in [-0.05, 0) is 47.7 Å². The summed E-state index contributed by atoms with van der Waals surface area (Å²) in [6.45, 7) is 1.68. The summed E-state index contributed by atoms with van der Waals surface area (Å²) in [7, 11) is -4.29. The molecule has 158 valence electrons. The highest BCUT2D eigenvalue weighted by atomic mass is 32.2. The summed E-state index contributed by atoms with van der Waals surface area (Å²) < 4.78 is 35.7. The highest BCUT2D eigenvalue weighted by Crippen LogP contribution is 2.21. The molecule has 0 saturated heterocycles. The van der Waals surface area contributed by atoms with Gasteiger partial charge in [-0.1, -0.05) is 18.2 Å². The molecule has 0 spiro atoms. The molecular weight excluding hydrogens is 426 g/mol. The molecule has 0 aliphatic heterocycles. The number of hydrogen-bond acceptors (Lipinski definition) is 7. The van der Waals surface area contributed by atoms with Crippen LogP contribution in [0.4, 0.5) is 0 Å². The molecule has 0 unspecified atom stereocenters. The van der Waals surface area contributed by atoms with Gasteiger partial charge in [0.25, 0.3) is 16.0 Å². The molecule has 30 heavy (non-hydrogen) atoms. The maximum Gasteiger partial charge on any atom is 0.283 e. The van der Waals surface area contributed by atoms with Gasteiger partial charge in [-0.15, -0.1) is 11.3 Å². The van der Waals surface area contributed by atoms with Crippen molar-refractivity contribution in [3.8, 4) is 11.5 Å². The predicted octanol–water partition coefficient (Wildman–Crippen LogP) is 2.84. The van der Waals surface area contributed by atoms with Gasteiger partial charge >= 0.3 is 0 Å². The third kappa shape index (κ3) is 7.23. The molecule has 3 aromatic rings. The monoisotopic (exact) mass is 447 g/mol. The van der Waals surface area contributed by atoms with Gasteiger partial charge in [0, 0.05) is 18.0 Å². The van der Waals surface area contributed by atoms with E-state index in [1.54, 1.807) is 17.4 Å². The van der Waals surface area contributed by atoms with Crippen molar-refractivity contribution in [2.24, 2.45) is 0 Å². The number of hydrogen-bond donors (Lipinski definition) is 3. The number of nitrogens with one attached hydrogen (secondary N) is 2. The normalized spacial score (nSPS) is 11.2. The standard InChI is InChI=1S/C20H21N3O5S2/c24-20(23-14-30(25,26)27)19-8-7-17(13-22-19)28-16-5-3-15(4-6-16)12-21-10-9-18-2-1-11-29-18/h1-8,11,13,21H,9-10,12,14H2,(H,23,24)(H,25,26,27). The molecule has 2 aromatic heterocycles. The van der Waals surface area contributed by atoms with E-state index < -0.39 is 21.9 Å². The summed E-state index contributed by atoms with van der Waals surface area (Å²) in [5.41, 5.74) is 1.15. The summed E-state index contributed by atoms with van der Waals surface area (Å²) in [6, 6.07) is 14.8. The number of carbonyl (C=O) groups excluding carboxylic acids is 1. The lowest BCUT2D eigenvalue weighted by Crippen LogP contribution is -2.29. The van der Waals surface area contributed by atoms with E-state index in [1.165, 1.54) is 17.1 Å². The van der Waals surface area contributed by atoms with Crippen LogP contribution >= 0.6 is 11.3 Å². The van der Waals surface area contributed by atoms with Crippen LogP contribution in [-0.4, -0.2) is 36.3 Å². The van der Waals surface area contributed by atoms with E-state index in [0.717, 1.165) is 25.1 Å². The Labute approximate surface area is 178 Å². The van der Waals surface area contributed by atoms with E-state index in [0.29, 0.717) is 11.5 Å². The third-order valence-electron chi connectivity index (χ3n) is 4.00. The molecule has 3 rings (SSSR count). The number of pyridine rings is 1. The fourth-order valence-corrected chi connectivity index (χ4v) is 3.56. The molecule has 0 bridgehead atoms. The van der Waals surface area contributed by atoms with Gasteiger partial charge < -0.3 is 15.4 Å². The van der Waals surface area contributed by atoms with Crippen molar-refractivity contribution in [3.63, 3.8) is 0 Å². The van der Waals surface area contributed by atoms with E-state index in [-0.39, 0.29) is 5.69 Å². The Kier molecular flexibility index (Phi) is 7.52. The molecule has 0 radical (unpaired) electrons. The summed E-state index contributed by atoms with van der Waals surface area (Å²) >= 11 is 1.76. The predicted molar refractivity (Wildman–Crippen MR) is 114 cm³/mol. The molecule has 0 saturated carbocycles. The summed E-state index contributed by atoms with van der Waals surface area (Å²) in [5.74, 6) is -0.526. The Bertz CT molecular complexity index is 1050. The van der Waals surface area contributed by atoms with Crippen molar-refractivity contribution in [2.45, 2.75) is 13.0 Å². The number of amides is 1. The molecular formula is C20H21N3O5S2. The Morgan fingerprint density at radius 2 is 1.87 bits per heavy atom. The average molecular weight is 448 g/mol. The molecule has 3 N–H and O–H groups in total. The number of nitrogens with zero attached hydrogens (tertiary/aromatic N) is 1. The van der Waals surface area contributed by atoms with E-state index in [4.69, 9.17) is 9.29 Å². The molecule has 0 fully saturated rings. The Morgan fingerprint density at radius 1 is 1.10 bits per heavy atom. The lowest BCUT2D eigenvalue weighted by molar-refractivity contribution is 0.0954. The van der Waals surface area contributed by atoms with Crippen molar-refractivity contribution in [3.05, 3.63) is 76.2 Å². The fraction of sp³-hybridized carbons (Fsp3) is 0.200. The van der Waals surface area contributed by atoms with Crippen LogP contribution in [0.1, 0.15) is 20.9 Å². The van der Waals surface area contributed by atoms with Crippen LogP contribution in [0.2, 0.25) is 0 Å². The number of ether oxygens (including phenoxy) is 1. The lowest BCUT2D eigenvalue weighted by Gasteiger charge is -2.08. The van der Waals surface area contributed by atoms with Gasteiger partial charge in [-0.25, -0.2) is 4.98 Å². The first-order valence-corrected chi connectivity index (χ1v) is 11.6. The van der Waals surface area contributed by atoms with E-state index >= 15 is 0 Å². The Morgan fingerprint density at radius 3 is 2.50 bits per heavy atom. The maximum atomic E-state index is 11.8. The molecule has 10 heteroatoms. The van der Waals surface area contributed by atoms with Crippen molar-refractivity contribution in [2.75, 3.05) is 12.4 Å². The van der Waals surface area contributed by atoms with Gasteiger partial charge in [0.1, 0.15) is 23.1 Å². The van der Waals surface area contributed by atoms with E-state index in [9.17, 15) is 13.2 Å². The van der Waals surface area contributed by atoms with Crippen LogP contribution in [0.5, 0.6) is 11.5 Å². The van der Waals surface area contributed by atoms with Gasteiger partial charge in [-0.3, -0.25) is 9.35 Å². The van der Waals surface area contributed by atoms with Crippen molar-refractivity contribution in [1.82, 2.24) is 15.6 Å². The zero-order valence-corrected chi connectivity index (χ0v) is 17.6. The summed E-state index contributed by atoms with van der Waals surface area (Å²) in [6.07, 6.45) is 2.37. The van der Waals surface area contributed by atoms with Crippen molar-refractivity contribution in [1.29, 1.82) is 0 Å². The van der Waals surface area contributed by atoms with Gasteiger partial charge in [0.05, 0.1) is 6.20 Å². The zero-order valence-electron chi connectivity index (χ0n) is 15.9. The molecule has 0 aliphatic rings. The van der Waals surface area contributed by atoms with E-state index in [1.807, 2.05) is 24.3 Å². The van der Waals surface area contributed by atoms with Crippen LogP contribution in [0.15, 0.2) is 60.1 Å². The quantitative estimate of drug-likeness (QED) is 0.323. The van der Waals surface area contributed by atoms with E-state index in [2.05, 4.69) is 33.1 Å². The van der Waals surface area contributed by atoms with Crippen molar-refractivity contribution >= 4 is 27.4 Å². The molecule has 1 aromatic carbocycles. The van der Waals surface area contributed by atoms with Crippen LogP contribution in [-0.2, 0) is 23.1 Å². The Hall–Kier alpha value is -2.79.